The first-order valence-electron chi connectivity index (χ1n) is 9.69. The van der Waals surface area contributed by atoms with E-state index in [4.69, 9.17) is 10.4 Å². The summed E-state index contributed by atoms with van der Waals surface area (Å²) in [7, 11) is 0. The van der Waals surface area contributed by atoms with Crippen molar-refractivity contribution in [2.24, 2.45) is 0 Å². The standard InChI is InChI=1S/C21H25N7/c1-3-24-19-7-6-16(11-15(19)12-22)25-21-26-20-17(5-4-10-28(20)27-21)18-13-23-9-8-14(18)2/h4-5,8-10,12-13,16,22,24H,3,6-7,11H2,1-2H3,(H,25,27). The average molecular weight is 375 g/mol. The molecule has 28 heavy (non-hydrogen) atoms. The van der Waals surface area contributed by atoms with E-state index in [-0.39, 0.29) is 6.04 Å². The Bertz CT molecular complexity index is 1030. The first kappa shape index (κ1) is 18.2. The smallest absolute Gasteiger partial charge is 0.243 e. The number of fused-ring (bicyclic) bond motifs is 1. The van der Waals surface area contributed by atoms with E-state index in [1.165, 1.54) is 11.9 Å². The SMILES string of the molecule is CCNC1=C(C=N)CC(Nc2nc3c(-c4cnccc4C)cccn3n2)CC1. The van der Waals surface area contributed by atoms with Gasteiger partial charge in [-0.3, -0.25) is 4.98 Å². The van der Waals surface area contributed by atoms with Gasteiger partial charge in [0.15, 0.2) is 5.65 Å². The van der Waals surface area contributed by atoms with Gasteiger partial charge in [0.25, 0.3) is 0 Å². The van der Waals surface area contributed by atoms with Crippen molar-refractivity contribution in [1.29, 1.82) is 5.41 Å². The zero-order valence-corrected chi connectivity index (χ0v) is 16.2. The van der Waals surface area contributed by atoms with Gasteiger partial charge in [0.05, 0.1) is 0 Å². The highest BCUT2D eigenvalue weighted by Gasteiger charge is 2.21. The van der Waals surface area contributed by atoms with E-state index in [2.05, 4.69) is 40.6 Å². The summed E-state index contributed by atoms with van der Waals surface area (Å²) < 4.78 is 1.81. The molecule has 0 fully saturated rings. The predicted octanol–water partition coefficient (Wildman–Crippen LogP) is 3.58. The van der Waals surface area contributed by atoms with Crippen LogP contribution in [0.2, 0.25) is 0 Å². The van der Waals surface area contributed by atoms with Gasteiger partial charge in [-0.1, -0.05) is 0 Å². The van der Waals surface area contributed by atoms with Crippen LogP contribution in [0.5, 0.6) is 0 Å². The number of hydrogen-bond acceptors (Lipinski definition) is 6. The quantitative estimate of drug-likeness (QED) is 0.573. The van der Waals surface area contributed by atoms with Crippen LogP contribution < -0.4 is 10.6 Å². The molecule has 1 aliphatic carbocycles. The number of pyridine rings is 2. The fourth-order valence-electron chi connectivity index (χ4n) is 3.76. The second kappa shape index (κ2) is 7.80. The molecule has 0 saturated carbocycles. The maximum Gasteiger partial charge on any atom is 0.243 e. The topological polar surface area (TPSA) is 91.0 Å². The molecule has 0 bridgehead atoms. The van der Waals surface area contributed by atoms with Crippen molar-refractivity contribution >= 4 is 17.8 Å². The van der Waals surface area contributed by atoms with Gasteiger partial charge in [-0.2, -0.15) is 4.98 Å². The normalized spacial score (nSPS) is 17.0. The molecule has 0 saturated heterocycles. The first-order chi connectivity index (χ1) is 13.7. The molecule has 0 aromatic carbocycles. The molecular weight excluding hydrogens is 350 g/mol. The Morgan fingerprint density at radius 3 is 3.00 bits per heavy atom. The van der Waals surface area contributed by atoms with Crippen molar-refractivity contribution in [3.8, 4) is 11.1 Å². The molecule has 1 atom stereocenters. The molecule has 3 aromatic heterocycles. The second-order valence-corrected chi connectivity index (χ2v) is 7.08. The van der Waals surface area contributed by atoms with Crippen LogP contribution >= 0.6 is 0 Å². The fraction of sp³-hybridized carbons (Fsp3) is 0.333. The lowest BCUT2D eigenvalue weighted by Gasteiger charge is -2.26. The number of aryl methyl sites for hydroxylation is 1. The molecule has 0 aliphatic heterocycles. The van der Waals surface area contributed by atoms with Gasteiger partial charge < -0.3 is 16.0 Å². The Kier molecular flexibility index (Phi) is 5.06. The van der Waals surface area contributed by atoms with E-state index in [9.17, 15) is 0 Å². The summed E-state index contributed by atoms with van der Waals surface area (Å²) in [5, 5.41) is 19.2. The van der Waals surface area contributed by atoms with Crippen molar-refractivity contribution in [2.45, 2.75) is 39.2 Å². The zero-order valence-electron chi connectivity index (χ0n) is 16.2. The predicted molar refractivity (Wildman–Crippen MR) is 112 cm³/mol. The van der Waals surface area contributed by atoms with E-state index in [1.54, 1.807) is 6.20 Å². The summed E-state index contributed by atoms with van der Waals surface area (Å²) in [6.45, 7) is 5.04. The lowest BCUT2D eigenvalue weighted by Crippen LogP contribution is -2.29. The maximum atomic E-state index is 7.72. The Labute approximate surface area is 164 Å². The molecule has 4 rings (SSSR count). The molecule has 0 spiro atoms. The van der Waals surface area contributed by atoms with Gasteiger partial charge in [0.2, 0.25) is 5.95 Å². The third-order valence-corrected chi connectivity index (χ3v) is 5.19. The summed E-state index contributed by atoms with van der Waals surface area (Å²) in [4.78, 5) is 9.02. The molecule has 3 aromatic rings. The molecule has 7 nitrogen and oxygen atoms in total. The Morgan fingerprint density at radius 1 is 1.32 bits per heavy atom. The molecule has 3 N–H and O–H groups in total. The number of anilines is 1. The van der Waals surface area contributed by atoms with Crippen LogP contribution in [0.15, 0.2) is 48.1 Å². The zero-order chi connectivity index (χ0) is 19.5. The highest BCUT2D eigenvalue weighted by molar-refractivity contribution is 5.79. The van der Waals surface area contributed by atoms with Crippen molar-refractivity contribution in [3.05, 3.63) is 53.6 Å². The van der Waals surface area contributed by atoms with E-state index in [1.807, 2.05) is 29.0 Å². The van der Waals surface area contributed by atoms with Crippen LogP contribution in [0.3, 0.4) is 0 Å². The number of aromatic nitrogens is 4. The van der Waals surface area contributed by atoms with E-state index in [0.29, 0.717) is 5.95 Å². The molecule has 0 radical (unpaired) electrons. The van der Waals surface area contributed by atoms with Gasteiger partial charge in [0, 0.05) is 54.2 Å². The third-order valence-electron chi connectivity index (χ3n) is 5.19. The minimum Gasteiger partial charge on any atom is -0.388 e. The molecule has 144 valence electrons. The minimum absolute atomic E-state index is 0.222. The van der Waals surface area contributed by atoms with E-state index >= 15 is 0 Å². The van der Waals surface area contributed by atoms with Gasteiger partial charge >= 0.3 is 0 Å². The number of rotatable bonds is 6. The highest BCUT2D eigenvalue weighted by atomic mass is 15.3. The monoisotopic (exact) mass is 375 g/mol. The summed E-state index contributed by atoms with van der Waals surface area (Å²) in [6, 6.07) is 6.26. The second-order valence-electron chi connectivity index (χ2n) is 7.08. The highest BCUT2D eigenvalue weighted by Crippen LogP contribution is 2.28. The van der Waals surface area contributed by atoms with Gasteiger partial charge in [-0.05, 0) is 62.4 Å². The molecule has 1 aliphatic rings. The van der Waals surface area contributed by atoms with Gasteiger partial charge in [0.1, 0.15) is 0 Å². The molecular formula is C21H25N7. The van der Waals surface area contributed by atoms with Crippen LogP contribution in [0.25, 0.3) is 16.8 Å². The Balaban J connectivity index is 1.61. The van der Waals surface area contributed by atoms with E-state index < -0.39 is 0 Å². The maximum absolute atomic E-state index is 7.72. The number of nitrogens with zero attached hydrogens (tertiary/aromatic N) is 4. The summed E-state index contributed by atoms with van der Waals surface area (Å²) in [5.41, 5.74) is 6.30. The number of nitrogens with one attached hydrogen (secondary N) is 3. The average Bonchev–Trinajstić information content (AvgIpc) is 3.12. The summed E-state index contributed by atoms with van der Waals surface area (Å²) in [5.74, 6) is 0.621. The first-order valence-corrected chi connectivity index (χ1v) is 9.69. The summed E-state index contributed by atoms with van der Waals surface area (Å²) >= 11 is 0. The third kappa shape index (κ3) is 3.47. The fourth-order valence-corrected chi connectivity index (χ4v) is 3.76. The van der Waals surface area contributed by atoms with Gasteiger partial charge in [-0.15, -0.1) is 5.10 Å². The summed E-state index contributed by atoms with van der Waals surface area (Å²) in [6.07, 6.45) is 9.78. The van der Waals surface area contributed by atoms with Crippen molar-refractivity contribution < 1.29 is 0 Å². The molecule has 7 heteroatoms. The Hall–Kier alpha value is -3.22. The van der Waals surface area contributed by atoms with Crippen LogP contribution in [0.4, 0.5) is 5.95 Å². The lowest BCUT2D eigenvalue weighted by atomic mass is 9.92. The molecule has 1 unspecified atom stereocenters. The van der Waals surface area contributed by atoms with Crippen molar-refractivity contribution in [1.82, 2.24) is 24.9 Å². The van der Waals surface area contributed by atoms with Gasteiger partial charge in [-0.25, -0.2) is 4.52 Å². The van der Waals surface area contributed by atoms with Crippen LogP contribution in [0, 0.1) is 12.3 Å². The van der Waals surface area contributed by atoms with Crippen molar-refractivity contribution in [3.63, 3.8) is 0 Å². The van der Waals surface area contributed by atoms with Crippen LogP contribution in [-0.4, -0.2) is 38.4 Å². The van der Waals surface area contributed by atoms with Crippen LogP contribution in [0.1, 0.15) is 31.7 Å². The minimum atomic E-state index is 0.222. The molecule has 3 heterocycles. The van der Waals surface area contributed by atoms with Crippen LogP contribution in [-0.2, 0) is 0 Å². The number of allylic oxidation sites excluding steroid dienone is 1. The number of hydrogen-bond donors (Lipinski definition) is 3. The lowest BCUT2D eigenvalue weighted by molar-refractivity contribution is 0.581. The largest absolute Gasteiger partial charge is 0.388 e. The molecule has 0 amide bonds. The van der Waals surface area contributed by atoms with E-state index in [0.717, 1.165) is 53.7 Å². The Morgan fingerprint density at radius 2 is 2.21 bits per heavy atom. The van der Waals surface area contributed by atoms with Crippen molar-refractivity contribution in [2.75, 3.05) is 11.9 Å².